The van der Waals surface area contributed by atoms with Crippen LogP contribution >= 0.6 is 0 Å². The van der Waals surface area contributed by atoms with Crippen molar-refractivity contribution < 1.29 is 14.3 Å². The monoisotopic (exact) mass is 312 g/mol. The number of aryl methyl sites for hydroxylation is 1. The Balaban J connectivity index is 1.62. The summed E-state index contributed by atoms with van der Waals surface area (Å²) in [5.41, 5.74) is 2.78. The molecule has 2 aromatic rings. The summed E-state index contributed by atoms with van der Waals surface area (Å²) >= 11 is 0. The van der Waals surface area contributed by atoms with Crippen LogP contribution in [0.5, 0.6) is 0 Å². The highest BCUT2D eigenvalue weighted by Crippen LogP contribution is 2.29. The number of aromatic amines is 1. The van der Waals surface area contributed by atoms with Crippen molar-refractivity contribution in [2.75, 3.05) is 0 Å². The number of carbonyl (C=O) groups is 2. The molecule has 0 saturated heterocycles. The van der Waals surface area contributed by atoms with Crippen LogP contribution in [0.25, 0.3) is 0 Å². The lowest BCUT2D eigenvalue weighted by Crippen LogP contribution is -2.39. The van der Waals surface area contributed by atoms with Gasteiger partial charge in [-0.1, -0.05) is 24.3 Å². The van der Waals surface area contributed by atoms with Crippen molar-refractivity contribution in [2.24, 2.45) is 0 Å². The number of fused-ring (bicyclic) bond motifs is 1. The summed E-state index contributed by atoms with van der Waals surface area (Å²) in [4.78, 5) is 27.0. The van der Waals surface area contributed by atoms with Crippen molar-refractivity contribution in [3.05, 3.63) is 59.4 Å². The number of rotatable bonds is 4. The molecule has 2 N–H and O–H groups in total. The van der Waals surface area contributed by atoms with Gasteiger partial charge >= 0.3 is 5.97 Å². The van der Waals surface area contributed by atoms with Gasteiger partial charge in [0.1, 0.15) is 5.69 Å². The largest absolute Gasteiger partial charge is 0.448 e. The van der Waals surface area contributed by atoms with Crippen LogP contribution < -0.4 is 5.32 Å². The molecule has 0 unspecified atom stereocenters. The van der Waals surface area contributed by atoms with Gasteiger partial charge in [0, 0.05) is 6.20 Å². The first-order chi connectivity index (χ1) is 11.1. The lowest BCUT2D eigenvalue weighted by molar-refractivity contribution is -0.130. The molecule has 1 amide bonds. The zero-order valence-corrected chi connectivity index (χ0v) is 13.0. The smallest absolute Gasteiger partial charge is 0.355 e. The highest BCUT2D eigenvalue weighted by molar-refractivity contribution is 5.90. The number of aromatic nitrogens is 1. The molecule has 120 valence electrons. The Kier molecular flexibility index (Phi) is 4.46. The summed E-state index contributed by atoms with van der Waals surface area (Å²) < 4.78 is 5.20. The third-order valence-electron chi connectivity index (χ3n) is 4.16. The average molecular weight is 312 g/mol. The van der Waals surface area contributed by atoms with Crippen LogP contribution in [0.1, 0.15) is 47.4 Å². The number of hydrogen-bond acceptors (Lipinski definition) is 3. The van der Waals surface area contributed by atoms with Gasteiger partial charge in [-0.15, -0.1) is 0 Å². The molecule has 1 aromatic heterocycles. The molecule has 0 spiro atoms. The standard InChI is InChI=1S/C18H20N2O3/c1-12(23-18(22)16-10-5-11-19-16)17(21)20-15-9-4-7-13-6-2-3-8-14(13)15/h2-3,5-6,8,10-12,15,19H,4,7,9H2,1H3,(H,20,21)/t12-,15+/m0/s1. The van der Waals surface area contributed by atoms with E-state index >= 15 is 0 Å². The molecule has 0 aliphatic heterocycles. The number of benzene rings is 1. The highest BCUT2D eigenvalue weighted by atomic mass is 16.5. The summed E-state index contributed by atoms with van der Waals surface area (Å²) in [6, 6.07) is 11.5. The molecule has 2 atom stereocenters. The van der Waals surface area contributed by atoms with Gasteiger partial charge in [0.25, 0.3) is 5.91 Å². The van der Waals surface area contributed by atoms with Gasteiger partial charge < -0.3 is 15.0 Å². The van der Waals surface area contributed by atoms with Crippen molar-refractivity contribution in [2.45, 2.75) is 38.3 Å². The minimum Gasteiger partial charge on any atom is -0.448 e. The predicted molar refractivity (Wildman–Crippen MR) is 85.9 cm³/mol. The van der Waals surface area contributed by atoms with E-state index in [0.717, 1.165) is 24.8 Å². The molecule has 5 nitrogen and oxygen atoms in total. The third-order valence-corrected chi connectivity index (χ3v) is 4.16. The van der Waals surface area contributed by atoms with Gasteiger partial charge in [-0.25, -0.2) is 4.79 Å². The number of amides is 1. The van der Waals surface area contributed by atoms with E-state index in [1.165, 1.54) is 5.56 Å². The van der Waals surface area contributed by atoms with Gasteiger partial charge in [-0.2, -0.15) is 0 Å². The zero-order valence-electron chi connectivity index (χ0n) is 13.0. The number of hydrogen-bond donors (Lipinski definition) is 2. The quantitative estimate of drug-likeness (QED) is 0.853. The van der Waals surface area contributed by atoms with Crippen molar-refractivity contribution in [1.82, 2.24) is 10.3 Å². The Morgan fingerprint density at radius 3 is 2.87 bits per heavy atom. The van der Waals surface area contributed by atoms with E-state index in [2.05, 4.69) is 22.4 Å². The van der Waals surface area contributed by atoms with Crippen LogP contribution in [0.4, 0.5) is 0 Å². The van der Waals surface area contributed by atoms with Crippen LogP contribution in [-0.2, 0) is 16.0 Å². The van der Waals surface area contributed by atoms with E-state index in [0.29, 0.717) is 5.69 Å². The molecular weight excluding hydrogens is 292 g/mol. The fourth-order valence-corrected chi connectivity index (χ4v) is 2.93. The number of carbonyl (C=O) groups excluding carboxylic acids is 2. The van der Waals surface area contributed by atoms with Crippen LogP contribution in [0.2, 0.25) is 0 Å². The maximum Gasteiger partial charge on any atom is 0.355 e. The fraction of sp³-hybridized carbons (Fsp3) is 0.333. The Morgan fingerprint density at radius 1 is 1.26 bits per heavy atom. The zero-order chi connectivity index (χ0) is 16.2. The second-order valence-electron chi connectivity index (χ2n) is 5.78. The number of esters is 1. The molecule has 1 heterocycles. The minimum atomic E-state index is -0.833. The predicted octanol–water partition coefficient (Wildman–Crippen LogP) is 2.75. The lowest BCUT2D eigenvalue weighted by Gasteiger charge is -2.27. The van der Waals surface area contributed by atoms with E-state index in [1.54, 1.807) is 25.3 Å². The van der Waals surface area contributed by atoms with E-state index in [-0.39, 0.29) is 11.9 Å². The first kappa shape index (κ1) is 15.3. The van der Waals surface area contributed by atoms with Gasteiger partial charge in [-0.05, 0) is 49.4 Å². The maximum absolute atomic E-state index is 12.3. The number of H-pyrrole nitrogens is 1. The Labute approximate surface area is 135 Å². The van der Waals surface area contributed by atoms with Crippen LogP contribution in [0, 0.1) is 0 Å². The first-order valence-corrected chi connectivity index (χ1v) is 7.87. The van der Waals surface area contributed by atoms with E-state index in [1.807, 2.05) is 12.1 Å². The maximum atomic E-state index is 12.3. The molecule has 0 fully saturated rings. The molecule has 0 saturated carbocycles. The van der Waals surface area contributed by atoms with E-state index < -0.39 is 12.1 Å². The summed E-state index contributed by atoms with van der Waals surface area (Å²) in [5, 5.41) is 3.00. The fourth-order valence-electron chi connectivity index (χ4n) is 2.93. The molecule has 1 aliphatic rings. The minimum absolute atomic E-state index is 0.0147. The number of nitrogens with one attached hydrogen (secondary N) is 2. The second-order valence-corrected chi connectivity index (χ2v) is 5.78. The molecule has 1 aliphatic carbocycles. The Morgan fingerprint density at radius 2 is 2.09 bits per heavy atom. The van der Waals surface area contributed by atoms with Crippen LogP contribution in [0.3, 0.4) is 0 Å². The molecule has 0 bridgehead atoms. The van der Waals surface area contributed by atoms with Crippen LogP contribution in [-0.4, -0.2) is 23.0 Å². The molecule has 23 heavy (non-hydrogen) atoms. The van der Waals surface area contributed by atoms with Gasteiger partial charge in [-0.3, -0.25) is 4.79 Å². The molecule has 3 rings (SSSR count). The van der Waals surface area contributed by atoms with Crippen molar-refractivity contribution in [3.8, 4) is 0 Å². The topological polar surface area (TPSA) is 71.2 Å². The van der Waals surface area contributed by atoms with Crippen LogP contribution in [0.15, 0.2) is 42.6 Å². The van der Waals surface area contributed by atoms with Crippen molar-refractivity contribution in [1.29, 1.82) is 0 Å². The highest BCUT2D eigenvalue weighted by Gasteiger charge is 2.25. The van der Waals surface area contributed by atoms with Gasteiger partial charge in [0.2, 0.25) is 0 Å². The third kappa shape index (κ3) is 3.44. The average Bonchev–Trinajstić information content (AvgIpc) is 3.09. The first-order valence-electron chi connectivity index (χ1n) is 7.87. The molecular formula is C18H20N2O3. The van der Waals surface area contributed by atoms with E-state index in [9.17, 15) is 9.59 Å². The Hall–Kier alpha value is -2.56. The summed E-state index contributed by atoms with van der Waals surface area (Å²) in [6.45, 7) is 1.59. The SMILES string of the molecule is C[C@H](OC(=O)c1ccc[nH]1)C(=O)N[C@@H]1CCCc2ccccc21. The Bertz CT molecular complexity index is 694. The molecule has 1 aromatic carbocycles. The number of ether oxygens (including phenoxy) is 1. The van der Waals surface area contributed by atoms with Crippen molar-refractivity contribution in [3.63, 3.8) is 0 Å². The van der Waals surface area contributed by atoms with Crippen molar-refractivity contribution >= 4 is 11.9 Å². The van der Waals surface area contributed by atoms with Gasteiger partial charge in [0.15, 0.2) is 6.10 Å². The second kappa shape index (κ2) is 6.69. The molecule has 5 heteroatoms. The van der Waals surface area contributed by atoms with E-state index in [4.69, 9.17) is 4.74 Å². The molecule has 0 radical (unpaired) electrons. The normalized spacial score (nSPS) is 17.9. The lowest BCUT2D eigenvalue weighted by atomic mass is 9.87. The summed E-state index contributed by atoms with van der Waals surface area (Å²) in [6.07, 6.45) is 3.79. The summed E-state index contributed by atoms with van der Waals surface area (Å²) in [5.74, 6) is -0.798. The summed E-state index contributed by atoms with van der Waals surface area (Å²) in [7, 11) is 0. The van der Waals surface area contributed by atoms with Gasteiger partial charge in [0.05, 0.1) is 6.04 Å².